The van der Waals surface area contributed by atoms with Crippen molar-refractivity contribution in [3.63, 3.8) is 0 Å². The topological polar surface area (TPSA) is 104 Å². The standard InChI is InChI=1S/C52H49F2N3O6/c1-4-17-44(58)46-47(63-51(39-22-13-7-14-23-39,40-24-15-8-16-25-40)41-28-32-43(61-3)33-29-41)52(53,54)48(62-46)57-35-34-45(55-49(57)59)56-50(36-18-9-5-10-19-36,37-20-11-6-12-21-37)38-26-30-42(60-2)31-27-38/h5-16,18-35,44,46-48,58H,4,17H2,1-3H3,(H,55,56,59)/t44-,46-,47-,48-/m1/s1. The average molecular weight is 850 g/mol. The summed E-state index contributed by atoms with van der Waals surface area (Å²) in [5.74, 6) is -2.53. The van der Waals surface area contributed by atoms with Gasteiger partial charge in [0.2, 0.25) is 6.23 Å². The number of alkyl halides is 2. The van der Waals surface area contributed by atoms with Crippen molar-refractivity contribution in [2.75, 3.05) is 19.5 Å². The molecule has 1 fully saturated rings. The van der Waals surface area contributed by atoms with Gasteiger partial charge in [-0.3, -0.25) is 4.57 Å². The summed E-state index contributed by atoms with van der Waals surface area (Å²) in [6, 6.07) is 53.7. The lowest BCUT2D eigenvalue weighted by Gasteiger charge is -2.40. The summed E-state index contributed by atoms with van der Waals surface area (Å²) in [7, 11) is 3.14. The summed E-state index contributed by atoms with van der Waals surface area (Å²) < 4.78 is 60.2. The van der Waals surface area contributed by atoms with Gasteiger partial charge in [-0.25, -0.2) is 4.79 Å². The molecule has 0 bridgehead atoms. The number of halogens is 2. The fourth-order valence-electron chi connectivity index (χ4n) is 8.67. The van der Waals surface area contributed by atoms with Crippen molar-refractivity contribution in [2.24, 2.45) is 0 Å². The van der Waals surface area contributed by atoms with Gasteiger partial charge in [0.05, 0.1) is 20.3 Å². The van der Waals surface area contributed by atoms with Crippen LogP contribution in [0.3, 0.4) is 0 Å². The molecule has 8 rings (SSSR count). The number of anilines is 1. The average Bonchev–Trinajstić information content (AvgIpc) is 3.59. The number of aliphatic hydroxyl groups excluding tert-OH is 1. The summed E-state index contributed by atoms with van der Waals surface area (Å²) in [5.41, 5.74) is 0.422. The van der Waals surface area contributed by atoms with Crippen molar-refractivity contribution < 1.29 is 32.8 Å². The van der Waals surface area contributed by atoms with Crippen LogP contribution in [0.1, 0.15) is 59.4 Å². The van der Waals surface area contributed by atoms with E-state index in [0.29, 0.717) is 34.6 Å². The van der Waals surface area contributed by atoms with Crippen LogP contribution in [0.15, 0.2) is 187 Å². The number of methoxy groups -OCH3 is 2. The van der Waals surface area contributed by atoms with E-state index < -0.39 is 47.3 Å². The molecule has 6 aromatic carbocycles. The van der Waals surface area contributed by atoms with Crippen molar-refractivity contribution >= 4 is 5.82 Å². The second-order valence-corrected chi connectivity index (χ2v) is 15.5. The second-order valence-electron chi connectivity index (χ2n) is 15.5. The van der Waals surface area contributed by atoms with E-state index in [1.54, 1.807) is 38.5 Å². The molecule has 4 atom stereocenters. The van der Waals surface area contributed by atoms with Gasteiger partial charge >= 0.3 is 11.6 Å². The zero-order valence-electron chi connectivity index (χ0n) is 35.2. The first-order chi connectivity index (χ1) is 30.6. The van der Waals surface area contributed by atoms with Crippen molar-refractivity contribution in [1.82, 2.24) is 9.55 Å². The Kier molecular flexibility index (Phi) is 12.5. The molecular formula is C52H49F2N3O6. The van der Waals surface area contributed by atoms with Gasteiger partial charge in [-0.1, -0.05) is 159 Å². The molecule has 1 aromatic heterocycles. The maximum Gasteiger partial charge on any atom is 0.351 e. The molecule has 1 saturated heterocycles. The quantitative estimate of drug-likeness (QED) is 0.0928. The lowest BCUT2D eigenvalue weighted by atomic mass is 9.77. The Balaban J connectivity index is 1.23. The zero-order valence-corrected chi connectivity index (χ0v) is 35.2. The van der Waals surface area contributed by atoms with Crippen LogP contribution in [-0.4, -0.2) is 53.1 Å². The largest absolute Gasteiger partial charge is 0.497 e. The molecule has 1 aliphatic rings. The fourth-order valence-corrected chi connectivity index (χ4v) is 8.67. The molecule has 0 saturated carbocycles. The second kappa shape index (κ2) is 18.4. The molecule has 1 aliphatic heterocycles. The Morgan fingerprint density at radius 1 is 0.683 bits per heavy atom. The summed E-state index contributed by atoms with van der Waals surface area (Å²) in [6.07, 6.45) is -5.31. The number of ether oxygens (including phenoxy) is 4. The molecule has 322 valence electrons. The van der Waals surface area contributed by atoms with E-state index in [4.69, 9.17) is 18.9 Å². The van der Waals surface area contributed by atoms with Gasteiger partial charge < -0.3 is 29.4 Å². The Morgan fingerprint density at radius 2 is 1.11 bits per heavy atom. The minimum absolute atomic E-state index is 0.128. The lowest BCUT2D eigenvalue weighted by Crippen LogP contribution is -2.50. The van der Waals surface area contributed by atoms with Crippen LogP contribution in [0.4, 0.5) is 14.6 Å². The third-order valence-corrected chi connectivity index (χ3v) is 11.8. The van der Waals surface area contributed by atoms with E-state index in [-0.39, 0.29) is 12.2 Å². The van der Waals surface area contributed by atoms with Crippen LogP contribution in [0.2, 0.25) is 0 Å². The maximum atomic E-state index is 17.7. The molecule has 2 N–H and O–H groups in total. The first kappa shape index (κ1) is 43.0. The number of rotatable bonds is 16. The van der Waals surface area contributed by atoms with Gasteiger partial charge in [0.15, 0.2) is 6.10 Å². The van der Waals surface area contributed by atoms with Crippen molar-refractivity contribution in [3.8, 4) is 11.5 Å². The van der Waals surface area contributed by atoms with Crippen LogP contribution >= 0.6 is 0 Å². The molecule has 0 unspecified atom stereocenters. The number of hydrogen-bond donors (Lipinski definition) is 2. The van der Waals surface area contributed by atoms with Crippen molar-refractivity contribution in [3.05, 3.63) is 226 Å². The summed E-state index contributed by atoms with van der Waals surface area (Å²) >= 11 is 0. The highest BCUT2D eigenvalue weighted by molar-refractivity contribution is 5.58. The monoisotopic (exact) mass is 849 g/mol. The zero-order chi connectivity index (χ0) is 44.0. The molecule has 11 heteroatoms. The Bertz CT molecular complexity index is 2540. The predicted octanol–water partition coefficient (Wildman–Crippen LogP) is 9.74. The van der Waals surface area contributed by atoms with E-state index in [1.807, 2.05) is 153 Å². The third-order valence-electron chi connectivity index (χ3n) is 11.8. The molecule has 0 aliphatic carbocycles. The van der Waals surface area contributed by atoms with Gasteiger partial charge in [0.25, 0.3) is 0 Å². The smallest absolute Gasteiger partial charge is 0.351 e. The highest BCUT2D eigenvalue weighted by Gasteiger charge is 2.64. The lowest BCUT2D eigenvalue weighted by molar-refractivity contribution is -0.182. The van der Waals surface area contributed by atoms with Crippen LogP contribution in [-0.2, 0) is 20.6 Å². The molecule has 0 radical (unpaired) electrons. The van der Waals surface area contributed by atoms with Crippen molar-refractivity contribution in [1.29, 1.82) is 0 Å². The first-order valence-electron chi connectivity index (χ1n) is 20.9. The molecule has 0 spiro atoms. The van der Waals surface area contributed by atoms with E-state index >= 15 is 8.78 Å². The summed E-state index contributed by atoms with van der Waals surface area (Å²) in [6.45, 7) is 1.84. The number of aromatic nitrogens is 2. The maximum absolute atomic E-state index is 17.7. The summed E-state index contributed by atoms with van der Waals surface area (Å²) in [4.78, 5) is 18.7. The first-order valence-corrected chi connectivity index (χ1v) is 20.9. The number of benzene rings is 6. The Hall–Kier alpha value is -6.66. The van der Waals surface area contributed by atoms with E-state index in [1.165, 1.54) is 12.3 Å². The molecule has 63 heavy (non-hydrogen) atoms. The van der Waals surface area contributed by atoms with Gasteiger partial charge in [0, 0.05) is 6.20 Å². The normalized spacial score (nSPS) is 17.8. The highest BCUT2D eigenvalue weighted by Crippen LogP contribution is 2.51. The SMILES string of the molecule is CCC[C@@H](O)[C@H]1O[C@@H](n2ccc(NC(c3ccccc3)(c3ccccc3)c3ccc(OC)cc3)nc2=O)C(F)(F)[C@@H]1OC(c1ccccc1)(c1ccccc1)c1ccc(OC)cc1. The molecule has 9 nitrogen and oxygen atoms in total. The van der Waals surface area contributed by atoms with E-state index in [2.05, 4.69) is 10.3 Å². The fraction of sp³-hybridized carbons (Fsp3) is 0.231. The van der Waals surface area contributed by atoms with Gasteiger partial charge in [-0.2, -0.15) is 13.8 Å². The van der Waals surface area contributed by atoms with Crippen LogP contribution < -0.4 is 20.5 Å². The van der Waals surface area contributed by atoms with Crippen LogP contribution in [0.25, 0.3) is 0 Å². The minimum Gasteiger partial charge on any atom is -0.497 e. The number of hydrogen-bond acceptors (Lipinski definition) is 8. The Labute approximate surface area is 365 Å². The number of aliphatic hydroxyl groups is 1. The van der Waals surface area contributed by atoms with Gasteiger partial charge in [-0.15, -0.1) is 0 Å². The van der Waals surface area contributed by atoms with Crippen LogP contribution in [0.5, 0.6) is 11.5 Å². The van der Waals surface area contributed by atoms with E-state index in [9.17, 15) is 9.90 Å². The van der Waals surface area contributed by atoms with Gasteiger partial charge in [-0.05, 0) is 70.1 Å². The predicted molar refractivity (Wildman–Crippen MR) is 238 cm³/mol. The number of nitrogens with one attached hydrogen (secondary N) is 1. The van der Waals surface area contributed by atoms with Crippen molar-refractivity contribution in [2.45, 2.75) is 61.4 Å². The van der Waals surface area contributed by atoms with E-state index in [0.717, 1.165) is 21.3 Å². The molecule has 7 aromatic rings. The minimum atomic E-state index is -3.89. The molecule has 2 heterocycles. The van der Waals surface area contributed by atoms with Gasteiger partial charge in [0.1, 0.15) is 34.6 Å². The molecular weight excluding hydrogens is 801 g/mol. The van der Waals surface area contributed by atoms with Crippen LogP contribution in [0, 0.1) is 0 Å². The number of nitrogens with zero attached hydrogens (tertiary/aromatic N) is 2. The Morgan fingerprint density at radius 3 is 1.56 bits per heavy atom. The third kappa shape index (κ3) is 8.11. The highest BCUT2D eigenvalue weighted by atomic mass is 19.3. The molecule has 0 amide bonds. The summed E-state index contributed by atoms with van der Waals surface area (Å²) in [5, 5.41) is 15.2.